The minimum atomic E-state index is 0. The van der Waals surface area contributed by atoms with Crippen LogP contribution in [-0.2, 0) is 0 Å². The number of rotatable bonds is 5. The molecule has 4 heteroatoms. The van der Waals surface area contributed by atoms with Gasteiger partial charge in [0.05, 0.1) is 0 Å². The van der Waals surface area contributed by atoms with E-state index in [1.165, 1.54) is 11.8 Å². The van der Waals surface area contributed by atoms with E-state index in [0.717, 1.165) is 18.8 Å². The Hall–Kier alpha value is 1.39. The molecule has 0 saturated heterocycles. The van der Waals surface area contributed by atoms with Gasteiger partial charge in [0.2, 0.25) is 0 Å². The van der Waals surface area contributed by atoms with E-state index < -0.39 is 0 Å². The summed E-state index contributed by atoms with van der Waals surface area (Å²) in [6.07, 6.45) is 0. The monoisotopic (exact) mass is 357 g/mol. The van der Waals surface area contributed by atoms with Gasteiger partial charge in [-0.2, -0.15) is 0 Å². The average Bonchev–Trinajstić information content (AvgIpc) is 2.01. The molecule has 0 aromatic rings. The normalized spacial score (nSPS) is 10.3. The molecular formula is C11H25BaNOS. The van der Waals surface area contributed by atoms with Crippen LogP contribution >= 0.6 is 11.8 Å². The molecule has 0 heterocycles. The zero-order valence-corrected chi connectivity index (χ0v) is 10.9. The third kappa shape index (κ3) is 10.3. The first-order valence-corrected chi connectivity index (χ1v) is 6.37. The fourth-order valence-electron chi connectivity index (χ4n) is 1.32. The summed E-state index contributed by atoms with van der Waals surface area (Å²) in [7, 11) is 0. The second-order valence-electron chi connectivity index (χ2n) is 4.39. The van der Waals surface area contributed by atoms with E-state index >= 15 is 0 Å². The molecule has 0 bridgehead atoms. The van der Waals surface area contributed by atoms with Crippen molar-refractivity contribution in [3.05, 3.63) is 0 Å². The summed E-state index contributed by atoms with van der Waals surface area (Å²) >= 11 is 1.41. The van der Waals surface area contributed by atoms with Crippen LogP contribution in [0.4, 0.5) is 4.79 Å². The topological polar surface area (TPSA) is 20.3 Å². The van der Waals surface area contributed by atoms with Crippen molar-refractivity contribution in [3.63, 3.8) is 0 Å². The summed E-state index contributed by atoms with van der Waals surface area (Å²) < 4.78 is 0. The average molecular weight is 357 g/mol. The summed E-state index contributed by atoms with van der Waals surface area (Å²) in [5, 5.41) is 0.231. The van der Waals surface area contributed by atoms with E-state index in [2.05, 4.69) is 27.7 Å². The van der Waals surface area contributed by atoms with Crippen LogP contribution in [-0.4, -0.2) is 77.9 Å². The van der Waals surface area contributed by atoms with Crippen molar-refractivity contribution in [1.29, 1.82) is 0 Å². The molecule has 0 spiro atoms. The van der Waals surface area contributed by atoms with E-state index in [0.29, 0.717) is 11.8 Å². The third-order valence-corrected chi connectivity index (χ3v) is 2.49. The fraction of sp³-hybridized carbons (Fsp3) is 0.909. The summed E-state index contributed by atoms with van der Waals surface area (Å²) in [6.45, 7) is 12.4. The first-order chi connectivity index (χ1) is 6.47. The number of thioether (sulfide) groups is 1. The molecule has 0 aliphatic rings. The van der Waals surface area contributed by atoms with Crippen LogP contribution in [0.5, 0.6) is 0 Å². The van der Waals surface area contributed by atoms with Crippen molar-refractivity contribution >= 4 is 65.9 Å². The van der Waals surface area contributed by atoms with Gasteiger partial charge in [-0.3, -0.25) is 4.79 Å². The number of amides is 1. The summed E-state index contributed by atoms with van der Waals surface area (Å²) in [6, 6.07) is 0. The van der Waals surface area contributed by atoms with Crippen LogP contribution in [0.25, 0.3) is 0 Å². The van der Waals surface area contributed by atoms with E-state index in [4.69, 9.17) is 0 Å². The van der Waals surface area contributed by atoms with Crippen LogP contribution < -0.4 is 0 Å². The molecule has 0 radical (unpaired) electrons. The maximum absolute atomic E-state index is 11.7. The van der Waals surface area contributed by atoms with E-state index in [1.807, 2.05) is 11.8 Å². The number of hydrogen-bond acceptors (Lipinski definition) is 2. The summed E-state index contributed by atoms with van der Waals surface area (Å²) in [5.74, 6) is 1.97. The number of hydrogen-bond donors (Lipinski definition) is 0. The molecule has 15 heavy (non-hydrogen) atoms. The molecule has 0 aromatic heterocycles. The van der Waals surface area contributed by atoms with Crippen LogP contribution in [0, 0.1) is 11.8 Å². The van der Waals surface area contributed by atoms with Gasteiger partial charge in [0.15, 0.2) is 0 Å². The molecule has 0 saturated carbocycles. The Bertz CT molecular complexity index is 164. The van der Waals surface area contributed by atoms with Gasteiger partial charge >= 0.3 is 48.9 Å². The van der Waals surface area contributed by atoms with Gasteiger partial charge in [-0.25, -0.2) is 0 Å². The molecule has 1 amide bonds. The molecule has 0 N–H and O–H groups in total. The van der Waals surface area contributed by atoms with Gasteiger partial charge < -0.3 is 4.90 Å². The second-order valence-corrected chi connectivity index (χ2v) is 5.61. The van der Waals surface area contributed by atoms with Gasteiger partial charge in [-0.1, -0.05) is 46.4 Å². The Labute approximate surface area is 139 Å². The molecule has 0 aliphatic heterocycles. The Balaban J connectivity index is 0. The third-order valence-electron chi connectivity index (χ3n) is 1.70. The predicted octanol–water partition coefficient (Wildman–Crippen LogP) is 2.56. The first kappa shape index (κ1) is 18.7. The Morgan fingerprint density at radius 3 is 1.80 bits per heavy atom. The zero-order chi connectivity index (χ0) is 11.1. The molecule has 2 nitrogen and oxygen atoms in total. The molecule has 0 unspecified atom stereocenters. The van der Waals surface area contributed by atoms with Crippen LogP contribution in [0.3, 0.4) is 0 Å². The van der Waals surface area contributed by atoms with Crippen molar-refractivity contribution in [2.24, 2.45) is 11.8 Å². The zero-order valence-electron chi connectivity index (χ0n) is 10.0. The van der Waals surface area contributed by atoms with Gasteiger partial charge in [-0.15, -0.1) is 0 Å². The molecule has 0 rings (SSSR count). The van der Waals surface area contributed by atoms with Crippen molar-refractivity contribution in [2.45, 2.75) is 34.6 Å². The maximum atomic E-state index is 11.7. The number of nitrogens with zero attached hydrogens (tertiary/aromatic N) is 1. The Kier molecular flexibility index (Phi) is 13.2. The molecular weight excluding hydrogens is 332 g/mol. The molecule has 0 aliphatic carbocycles. The standard InChI is InChI=1S/C11H23NOS.Ba.2H/c1-6-14-11(13)12(7-9(2)3)8-10(4)5;;;/h9-10H,6-8H2,1-5H3;;;. The van der Waals surface area contributed by atoms with E-state index in [9.17, 15) is 4.79 Å². The Morgan fingerprint density at radius 1 is 1.13 bits per heavy atom. The SMILES string of the molecule is CCSC(=O)N(CC(C)C)CC(C)C.[BaH2]. The van der Waals surface area contributed by atoms with Crippen molar-refractivity contribution in [3.8, 4) is 0 Å². The molecule has 0 atom stereocenters. The Morgan fingerprint density at radius 2 is 1.53 bits per heavy atom. The molecule has 0 fully saturated rings. The van der Waals surface area contributed by atoms with Crippen LogP contribution in [0.1, 0.15) is 34.6 Å². The van der Waals surface area contributed by atoms with Gasteiger partial charge in [-0.05, 0) is 17.6 Å². The van der Waals surface area contributed by atoms with Crippen molar-refractivity contribution < 1.29 is 4.79 Å². The predicted molar refractivity (Wildman–Crippen MR) is 73.3 cm³/mol. The van der Waals surface area contributed by atoms with Gasteiger partial charge in [0.1, 0.15) is 0 Å². The summed E-state index contributed by atoms with van der Waals surface area (Å²) in [5.41, 5.74) is 0. The quantitative estimate of drug-likeness (QED) is 0.706. The fourth-order valence-corrected chi connectivity index (χ4v) is 1.90. The second kappa shape index (κ2) is 10.5. The number of carbonyl (C=O) groups is 1. The van der Waals surface area contributed by atoms with Gasteiger partial charge in [0, 0.05) is 13.1 Å². The minimum absolute atomic E-state index is 0. The van der Waals surface area contributed by atoms with Crippen molar-refractivity contribution in [1.82, 2.24) is 4.90 Å². The summed E-state index contributed by atoms with van der Waals surface area (Å²) in [4.78, 5) is 13.7. The molecule has 0 aromatic carbocycles. The first-order valence-electron chi connectivity index (χ1n) is 5.39. The van der Waals surface area contributed by atoms with E-state index in [1.54, 1.807) is 0 Å². The van der Waals surface area contributed by atoms with Crippen LogP contribution in [0.15, 0.2) is 0 Å². The van der Waals surface area contributed by atoms with E-state index in [-0.39, 0.29) is 54.1 Å². The number of carbonyl (C=O) groups excluding carboxylic acids is 1. The van der Waals surface area contributed by atoms with Crippen LogP contribution in [0.2, 0.25) is 0 Å². The van der Waals surface area contributed by atoms with Crippen molar-refractivity contribution in [2.75, 3.05) is 18.8 Å². The molecule has 88 valence electrons. The van der Waals surface area contributed by atoms with Gasteiger partial charge in [0.25, 0.3) is 5.24 Å².